The normalized spacial score (nSPS) is 16.0. The second-order valence-corrected chi connectivity index (χ2v) is 10.7. The van der Waals surface area contributed by atoms with Crippen molar-refractivity contribution in [3.8, 4) is 0 Å². The number of hydrogen-bond acceptors (Lipinski definition) is 8. The van der Waals surface area contributed by atoms with E-state index in [0.29, 0.717) is 17.2 Å². The summed E-state index contributed by atoms with van der Waals surface area (Å²) in [5.74, 6) is -1.30. The number of hydrogen-bond donors (Lipinski definition) is 5. The average molecular weight is 543 g/mol. The van der Waals surface area contributed by atoms with E-state index in [1.54, 1.807) is 42.6 Å². The van der Waals surface area contributed by atoms with Crippen molar-refractivity contribution in [3.05, 3.63) is 54.4 Å². The average Bonchev–Trinajstić information content (AvgIpc) is 3.54. The van der Waals surface area contributed by atoms with Crippen molar-refractivity contribution in [2.75, 3.05) is 18.4 Å². The van der Waals surface area contributed by atoms with Gasteiger partial charge in [-0.2, -0.15) is 4.72 Å². The van der Waals surface area contributed by atoms with Crippen LogP contribution in [0.2, 0.25) is 0 Å². The van der Waals surface area contributed by atoms with E-state index in [9.17, 15) is 23.1 Å². The molecule has 2 heterocycles. The first kappa shape index (κ1) is 27.1. The summed E-state index contributed by atoms with van der Waals surface area (Å²) in [5, 5.41) is 20.2. The molecule has 0 bridgehead atoms. The van der Waals surface area contributed by atoms with Gasteiger partial charge in [-0.25, -0.2) is 13.4 Å². The van der Waals surface area contributed by atoms with Gasteiger partial charge in [-0.1, -0.05) is 41.6 Å². The summed E-state index contributed by atoms with van der Waals surface area (Å²) in [7, 11) is -4.19. The third-order valence-corrected chi connectivity index (χ3v) is 7.57. The molecule has 4 rings (SSSR count). The third kappa shape index (κ3) is 6.86. The SMILES string of the molecule is Cc1cnc(NCCCCC2CC(C(=O)NCC(NS(=O)(=O)c3cccc4ccccc34)C(=O)O)=NO2)[nH]1. The van der Waals surface area contributed by atoms with Crippen molar-refractivity contribution in [1.29, 1.82) is 0 Å². The minimum Gasteiger partial charge on any atom is -0.480 e. The zero-order chi connectivity index (χ0) is 27.1. The van der Waals surface area contributed by atoms with Gasteiger partial charge < -0.3 is 25.6 Å². The molecule has 1 aliphatic rings. The predicted octanol–water partition coefficient (Wildman–Crippen LogP) is 2.15. The molecule has 0 aliphatic carbocycles. The standard InChI is InChI=1S/C25H30N6O6S/c1-16-14-28-25(29-16)26-12-5-4-9-18-13-20(30-37-18)23(32)27-15-21(24(33)34)31-38(35,36)22-11-6-8-17-7-2-3-10-19(17)22/h2-3,6-8,10-11,14,18,21,31H,4-5,9,12-13,15H2,1H3,(H,27,32)(H,33,34)(H2,26,28,29). The van der Waals surface area contributed by atoms with Gasteiger partial charge in [0.15, 0.2) is 5.95 Å². The highest BCUT2D eigenvalue weighted by Crippen LogP contribution is 2.23. The van der Waals surface area contributed by atoms with Gasteiger partial charge in [-0.05, 0) is 37.6 Å². The summed E-state index contributed by atoms with van der Waals surface area (Å²) in [5.41, 5.74) is 1.12. The van der Waals surface area contributed by atoms with Crippen molar-refractivity contribution in [2.45, 2.75) is 49.6 Å². The highest BCUT2D eigenvalue weighted by atomic mass is 32.2. The summed E-state index contributed by atoms with van der Waals surface area (Å²) in [6, 6.07) is 10.1. The van der Waals surface area contributed by atoms with E-state index in [2.05, 4.69) is 30.5 Å². The van der Waals surface area contributed by atoms with Gasteiger partial charge in [0, 0.05) is 36.8 Å². The molecular formula is C25H30N6O6S. The van der Waals surface area contributed by atoms with Crippen LogP contribution in [0.4, 0.5) is 5.95 Å². The molecule has 1 aliphatic heterocycles. The number of aromatic amines is 1. The summed E-state index contributed by atoms with van der Waals surface area (Å²) >= 11 is 0. The minimum atomic E-state index is -4.19. The topological polar surface area (TPSA) is 175 Å². The fraction of sp³-hybridized carbons (Fsp3) is 0.360. The lowest BCUT2D eigenvalue weighted by molar-refractivity contribution is -0.138. The van der Waals surface area contributed by atoms with E-state index in [1.165, 1.54) is 6.07 Å². The number of carboxylic acids is 1. The number of nitrogens with zero attached hydrogens (tertiary/aromatic N) is 2. The molecule has 3 aromatic rings. The van der Waals surface area contributed by atoms with Crippen LogP contribution in [-0.4, -0.2) is 66.3 Å². The van der Waals surface area contributed by atoms with E-state index in [4.69, 9.17) is 4.84 Å². The molecule has 12 nitrogen and oxygen atoms in total. The van der Waals surface area contributed by atoms with Gasteiger partial charge in [-0.3, -0.25) is 9.59 Å². The Kier molecular flexibility index (Phi) is 8.59. The monoisotopic (exact) mass is 542 g/mol. The minimum absolute atomic E-state index is 0.0425. The van der Waals surface area contributed by atoms with Crippen molar-refractivity contribution in [3.63, 3.8) is 0 Å². The van der Waals surface area contributed by atoms with E-state index in [-0.39, 0.29) is 23.1 Å². The molecule has 2 aromatic carbocycles. The lowest BCUT2D eigenvalue weighted by Crippen LogP contribution is -2.49. The maximum atomic E-state index is 13.0. The summed E-state index contributed by atoms with van der Waals surface area (Å²) < 4.78 is 28.2. The number of benzene rings is 2. The molecule has 202 valence electrons. The molecule has 0 fully saturated rings. The van der Waals surface area contributed by atoms with Gasteiger partial charge in [0.25, 0.3) is 5.91 Å². The molecule has 1 amide bonds. The molecule has 0 saturated carbocycles. The quantitative estimate of drug-likeness (QED) is 0.204. The molecule has 5 N–H and O–H groups in total. The van der Waals surface area contributed by atoms with E-state index in [0.717, 1.165) is 31.0 Å². The number of anilines is 1. The van der Waals surface area contributed by atoms with Crippen molar-refractivity contribution >= 4 is 44.3 Å². The smallest absolute Gasteiger partial charge is 0.323 e. The Hall–Kier alpha value is -3.97. The molecule has 2 atom stereocenters. The lowest BCUT2D eigenvalue weighted by Gasteiger charge is -2.16. The number of oxime groups is 1. The Morgan fingerprint density at radius 1 is 1.18 bits per heavy atom. The van der Waals surface area contributed by atoms with Crippen molar-refractivity contribution < 1.29 is 28.0 Å². The Bertz CT molecular complexity index is 1430. The molecule has 0 radical (unpaired) electrons. The Labute approximate surface area is 219 Å². The summed E-state index contributed by atoms with van der Waals surface area (Å²) in [6.07, 6.45) is 4.20. The molecule has 1 aromatic heterocycles. The molecule has 0 spiro atoms. The number of carbonyl (C=O) groups excluding carboxylic acids is 1. The third-order valence-electron chi connectivity index (χ3n) is 6.04. The van der Waals surface area contributed by atoms with Gasteiger partial charge >= 0.3 is 5.97 Å². The van der Waals surface area contributed by atoms with Crippen molar-refractivity contribution in [1.82, 2.24) is 20.0 Å². The van der Waals surface area contributed by atoms with E-state index < -0.39 is 34.5 Å². The fourth-order valence-electron chi connectivity index (χ4n) is 4.08. The number of rotatable bonds is 13. The number of amides is 1. The van der Waals surface area contributed by atoms with Crippen LogP contribution < -0.4 is 15.4 Å². The van der Waals surface area contributed by atoms with Crippen LogP contribution in [0.25, 0.3) is 10.8 Å². The zero-order valence-corrected chi connectivity index (χ0v) is 21.6. The number of H-pyrrole nitrogens is 1. The number of nitrogens with one attached hydrogen (secondary N) is 4. The lowest BCUT2D eigenvalue weighted by atomic mass is 10.1. The van der Waals surface area contributed by atoms with Crippen LogP contribution in [0, 0.1) is 6.92 Å². The molecule has 0 saturated heterocycles. The maximum absolute atomic E-state index is 13.0. The van der Waals surface area contributed by atoms with Gasteiger partial charge in [0.2, 0.25) is 10.0 Å². The maximum Gasteiger partial charge on any atom is 0.323 e. The van der Waals surface area contributed by atoms with Crippen LogP contribution >= 0.6 is 0 Å². The van der Waals surface area contributed by atoms with Gasteiger partial charge in [-0.15, -0.1) is 0 Å². The van der Waals surface area contributed by atoms with Crippen molar-refractivity contribution in [2.24, 2.45) is 5.16 Å². The first-order valence-corrected chi connectivity index (χ1v) is 13.7. The number of unbranched alkanes of at least 4 members (excludes halogenated alkanes) is 1. The fourth-order valence-corrected chi connectivity index (χ4v) is 5.50. The zero-order valence-electron chi connectivity index (χ0n) is 20.8. The number of sulfonamides is 1. The van der Waals surface area contributed by atoms with Crippen LogP contribution in [0.5, 0.6) is 0 Å². The second kappa shape index (κ2) is 12.0. The Balaban J connectivity index is 1.24. The van der Waals surface area contributed by atoms with Crippen LogP contribution in [0.15, 0.2) is 58.7 Å². The predicted molar refractivity (Wildman–Crippen MR) is 141 cm³/mol. The Morgan fingerprint density at radius 2 is 1.97 bits per heavy atom. The highest BCUT2D eigenvalue weighted by molar-refractivity contribution is 7.89. The Morgan fingerprint density at radius 3 is 2.74 bits per heavy atom. The number of carboxylic acid groups (broad SMARTS) is 1. The molecule has 13 heteroatoms. The number of aliphatic carboxylic acids is 1. The van der Waals surface area contributed by atoms with E-state index in [1.807, 2.05) is 6.92 Å². The van der Waals surface area contributed by atoms with Crippen LogP contribution in [0.1, 0.15) is 31.4 Å². The summed E-state index contributed by atoms with van der Waals surface area (Å²) in [4.78, 5) is 36.9. The first-order chi connectivity index (χ1) is 18.2. The summed E-state index contributed by atoms with van der Waals surface area (Å²) in [6.45, 7) is 2.20. The van der Waals surface area contributed by atoms with Gasteiger partial charge in [0.05, 0.1) is 4.90 Å². The highest BCUT2D eigenvalue weighted by Gasteiger charge is 2.30. The van der Waals surface area contributed by atoms with Crippen LogP contribution in [0.3, 0.4) is 0 Å². The number of imidazole rings is 1. The molecule has 2 unspecified atom stereocenters. The second-order valence-electron chi connectivity index (χ2n) is 9.01. The number of aryl methyl sites for hydroxylation is 1. The number of carbonyl (C=O) groups is 2. The largest absolute Gasteiger partial charge is 0.480 e. The number of fused-ring (bicyclic) bond motifs is 1. The number of aromatic nitrogens is 2. The van der Waals surface area contributed by atoms with Gasteiger partial charge in [0.1, 0.15) is 17.9 Å². The molecule has 38 heavy (non-hydrogen) atoms. The molecular weight excluding hydrogens is 512 g/mol. The van der Waals surface area contributed by atoms with Crippen LogP contribution in [-0.2, 0) is 24.4 Å². The first-order valence-electron chi connectivity index (χ1n) is 12.2. The van der Waals surface area contributed by atoms with E-state index >= 15 is 0 Å².